The molecule has 2 rings (SSSR count). The topological polar surface area (TPSA) is 89.6 Å². The molecule has 1 aromatic rings. The molecule has 84 valence electrons. The lowest BCUT2D eigenvalue weighted by atomic mass is 10.1. The Labute approximate surface area is 91.8 Å². The summed E-state index contributed by atoms with van der Waals surface area (Å²) >= 11 is 0. The first-order valence-electron chi connectivity index (χ1n) is 4.91. The molecule has 1 aromatic carbocycles. The number of hydrogen-bond acceptors (Lipinski definition) is 3. The number of carbonyl (C=O) groups is 2. The van der Waals surface area contributed by atoms with Crippen molar-refractivity contribution in [1.29, 1.82) is 0 Å². The van der Waals surface area contributed by atoms with Crippen molar-refractivity contribution in [2.75, 3.05) is 0 Å². The Bertz CT molecular complexity index is 451. The fourth-order valence-electron chi connectivity index (χ4n) is 1.32. The average molecular weight is 221 g/mol. The highest BCUT2D eigenvalue weighted by molar-refractivity contribution is 5.98. The molecule has 0 saturated heterocycles. The van der Waals surface area contributed by atoms with E-state index in [1.165, 1.54) is 18.2 Å². The van der Waals surface area contributed by atoms with Crippen LogP contribution < -0.4 is 10.5 Å². The third kappa shape index (κ3) is 2.13. The normalized spacial score (nSPS) is 14.5. The van der Waals surface area contributed by atoms with Gasteiger partial charge in [0.1, 0.15) is 5.75 Å². The Balaban J connectivity index is 2.35. The number of ether oxygens (including phenoxy) is 1. The van der Waals surface area contributed by atoms with Crippen LogP contribution in [-0.2, 0) is 0 Å². The smallest absolute Gasteiger partial charge is 0.335 e. The molecule has 0 heterocycles. The van der Waals surface area contributed by atoms with Crippen molar-refractivity contribution >= 4 is 11.9 Å². The lowest BCUT2D eigenvalue weighted by Crippen LogP contribution is -2.14. The van der Waals surface area contributed by atoms with Gasteiger partial charge in [-0.3, -0.25) is 4.79 Å². The summed E-state index contributed by atoms with van der Waals surface area (Å²) in [6.45, 7) is 0. The number of carbonyl (C=O) groups excluding carboxylic acids is 1. The first kappa shape index (κ1) is 10.5. The van der Waals surface area contributed by atoms with Gasteiger partial charge < -0.3 is 15.6 Å². The molecular weight excluding hydrogens is 210 g/mol. The summed E-state index contributed by atoms with van der Waals surface area (Å²) in [5.74, 6) is -1.42. The van der Waals surface area contributed by atoms with Gasteiger partial charge in [0.25, 0.3) is 5.91 Å². The zero-order valence-corrected chi connectivity index (χ0v) is 8.47. The number of benzene rings is 1. The minimum atomic E-state index is -1.10. The molecule has 0 aromatic heterocycles. The van der Waals surface area contributed by atoms with Crippen molar-refractivity contribution in [3.8, 4) is 5.75 Å². The number of carboxylic acids is 1. The van der Waals surface area contributed by atoms with Crippen molar-refractivity contribution in [3.63, 3.8) is 0 Å². The summed E-state index contributed by atoms with van der Waals surface area (Å²) < 4.78 is 5.46. The molecule has 0 spiro atoms. The molecule has 1 fully saturated rings. The summed E-state index contributed by atoms with van der Waals surface area (Å²) in [4.78, 5) is 21.9. The lowest BCUT2D eigenvalue weighted by molar-refractivity contribution is 0.0697. The maximum absolute atomic E-state index is 11.1. The van der Waals surface area contributed by atoms with E-state index in [1.54, 1.807) is 0 Å². The first-order chi connectivity index (χ1) is 7.58. The van der Waals surface area contributed by atoms with Gasteiger partial charge in [-0.1, -0.05) is 0 Å². The fraction of sp³-hybridized carbons (Fsp3) is 0.273. The molecule has 1 saturated carbocycles. The minimum Gasteiger partial charge on any atom is -0.490 e. The van der Waals surface area contributed by atoms with E-state index in [0.29, 0.717) is 5.75 Å². The number of carboxylic acid groups (broad SMARTS) is 1. The molecule has 1 aliphatic rings. The van der Waals surface area contributed by atoms with Crippen LogP contribution in [0.4, 0.5) is 0 Å². The third-order valence-electron chi connectivity index (χ3n) is 2.31. The van der Waals surface area contributed by atoms with E-state index in [9.17, 15) is 9.59 Å². The second-order valence-electron chi connectivity index (χ2n) is 3.70. The van der Waals surface area contributed by atoms with Gasteiger partial charge in [-0.2, -0.15) is 0 Å². The van der Waals surface area contributed by atoms with Crippen molar-refractivity contribution in [2.45, 2.75) is 18.9 Å². The van der Waals surface area contributed by atoms with Crippen LogP contribution in [0.25, 0.3) is 0 Å². The Morgan fingerprint density at radius 3 is 2.56 bits per heavy atom. The highest BCUT2D eigenvalue weighted by Gasteiger charge is 2.25. The molecule has 0 unspecified atom stereocenters. The number of hydrogen-bond donors (Lipinski definition) is 2. The zero-order valence-electron chi connectivity index (χ0n) is 8.47. The summed E-state index contributed by atoms with van der Waals surface area (Å²) in [7, 11) is 0. The molecule has 1 amide bonds. The molecule has 0 atom stereocenters. The predicted octanol–water partition coefficient (Wildman–Crippen LogP) is 1.02. The molecule has 1 aliphatic carbocycles. The van der Waals surface area contributed by atoms with Gasteiger partial charge in [0, 0.05) is 0 Å². The fourth-order valence-corrected chi connectivity index (χ4v) is 1.32. The van der Waals surface area contributed by atoms with Crippen molar-refractivity contribution in [3.05, 3.63) is 29.3 Å². The van der Waals surface area contributed by atoms with Crippen LogP contribution in [0.2, 0.25) is 0 Å². The second kappa shape index (κ2) is 3.84. The van der Waals surface area contributed by atoms with Crippen LogP contribution in [0, 0.1) is 0 Å². The number of primary amides is 1. The number of amides is 1. The molecule has 5 nitrogen and oxygen atoms in total. The Morgan fingerprint density at radius 1 is 1.38 bits per heavy atom. The summed E-state index contributed by atoms with van der Waals surface area (Å²) in [5, 5.41) is 8.78. The first-order valence-corrected chi connectivity index (χ1v) is 4.91. The SMILES string of the molecule is NC(=O)c1cc(C(=O)O)ccc1OC1CC1. The molecule has 0 bridgehead atoms. The Morgan fingerprint density at radius 2 is 2.06 bits per heavy atom. The van der Waals surface area contributed by atoms with E-state index in [2.05, 4.69) is 0 Å². The Hall–Kier alpha value is -2.04. The third-order valence-corrected chi connectivity index (χ3v) is 2.31. The van der Waals surface area contributed by atoms with Crippen molar-refractivity contribution in [1.82, 2.24) is 0 Å². The zero-order chi connectivity index (χ0) is 11.7. The number of nitrogens with two attached hydrogens (primary N) is 1. The van der Waals surface area contributed by atoms with Crippen LogP contribution >= 0.6 is 0 Å². The number of rotatable bonds is 4. The quantitative estimate of drug-likeness (QED) is 0.794. The second-order valence-corrected chi connectivity index (χ2v) is 3.70. The van der Waals surface area contributed by atoms with Crippen molar-refractivity contribution in [2.24, 2.45) is 5.73 Å². The predicted molar refractivity (Wildman–Crippen MR) is 55.6 cm³/mol. The van der Waals surface area contributed by atoms with E-state index in [0.717, 1.165) is 12.8 Å². The van der Waals surface area contributed by atoms with Crippen LogP contribution in [0.5, 0.6) is 5.75 Å². The van der Waals surface area contributed by atoms with Crippen molar-refractivity contribution < 1.29 is 19.4 Å². The average Bonchev–Trinajstić information content (AvgIpc) is 3.01. The summed E-state index contributed by atoms with van der Waals surface area (Å²) in [6.07, 6.45) is 2.05. The summed E-state index contributed by atoms with van der Waals surface area (Å²) in [6, 6.07) is 4.11. The van der Waals surface area contributed by atoms with Crippen LogP contribution in [-0.4, -0.2) is 23.1 Å². The maximum atomic E-state index is 11.1. The highest BCUT2D eigenvalue weighted by atomic mass is 16.5. The highest BCUT2D eigenvalue weighted by Crippen LogP contribution is 2.29. The maximum Gasteiger partial charge on any atom is 0.335 e. The van der Waals surface area contributed by atoms with Gasteiger partial charge in [0.2, 0.25) is 0 Å². The van der Waals surface area contributed by atoms with Gasteiger partial charge >= 0.3 is 5.97 Å². The monoisotopic (exact) mass is 221 g/mol. The van der Waals surface area contributed by atoms with Crippen LogP contribution in [0.1, 0.15) is 33.6 Å². The standard InChI is InChI=1S/C11H11NO4/c12-10(13)8-5-6(11(14)15)1-4-9(8)16-7-2-3-7/h1,4-5,7H,2-3H2,(H2,12,13)(H,14,15). The van der Waals surface area contributed by atoms with E-state index in [1.807, 2.05) is 0 Å². The van der Waals surface area contributed by atoms with E-state index >= 15 is 0 Å². The molecule has 0 aliphatic heterocycles. The molecule has 0 radical (unpaired) electrons. The van der Waals surface area contributed by atoms with Crippen LogP contribution in [0.15, 0.2) is 18.2 Å². The number of aromatic carboxylic acids is 1. The van der Waals surface area contributed by atoms with E-state index in [-0.39, 0.29) is 17.2 Å². The lowest BCUT2D eigenvalue weighted by Gasteiger charge is -2.09. The molecule has 16 heavy (non-hydrogen) atoms. The van der Waals surface area contributed by atoms with E-state index < -0.39 is 11.9 Å². The van der Waals surface area contributed by atoms with Gasteiger partial charge in [0.15, 0.2) is 0 Å². The molecule has 5 heteroatoms. The summed E-state index contributed by atoms with van der Waals surface area (Å²) in [5.41, 5.74) is 5.31. The van der Waals surface area contributed by atoms with Gasteiger partial charge in [-0.25, -0.2) is 4.79 Å². The molecule has 3 N–H and O–H groups in total. The molecular formula is C11H11NO4. The van der Waals surface area contributed by atoms with Gasteiger partial charge in [-0.05, 0) is 31.0 Å². The van der Waals surface area contributed by atoms with Gasteiger partial charge in [0.05, 0.1) is 17.2 Å². The van der Waals surface area contributed by atoms with Crippen LogP contribution in [0.3, 0.4) is 0 Å². The Kier molecular flexibility index (Phi) is 2.52. The minimum absolute atomic E-state index is 0.0250. The van der Waals surface area contributed by atoms with Gasteiger partial charge in [-0.15, -0.1) is 0 Å². The largest absolute Gasteiger partial charge is 0.490 e. The van der Waals surface area contributed by atoms with E-state index in [4.69, 9.17) is 15.6 Å².